The van der Waals surface area contributed by atoms with Crippen LogP contribution in [0.25, 0.3) is 0 Å². The number of hydrogen-bond acceptors (Lipinski definition) is 8. The molecule has 0 unspecified atom stereocenters. The van der Waals surface area contributed by atoms with Gasteiger partial charge in [0, 0.05) is 0 Å². The standard InChI is InChI=1S/C14H19N3O6S/c18-6-9-10(20)11(21)12(22)13(23-9)16-14(24)17-15-5-7-2-1-3-8(19)4-7/h1-4,9-13,18-22H,5-6H2,(H,16,24)/t9-,10-,11+,12-,13-/m1/s1. The first kappa shape index (κ1) is 18.6. The van der Waals surface area contributed by atoms with E-state index in [4.69, 9.17) is 22.1 Å². The van der Waals surface area contributed by atoms with Gasteiger partial charge in [-0.05, 0) is 29.9 Å². The summed E-state index contributed by atoms with van der Waals surface area (Å²) in [6.45, 7) is -0.347. The molecule has 5 atom stereocenters. The molecule has 0 spiro atoms. The van der Waals surface area contributed by atoms with Gasteiger partial charge in [0.05, 0.1) is 13.2 Å². The minimum Gasteiger partial charge on any atom is -0.508 e. The van der Waals surface area contributed by atoms with Crippen molar-refractivity contribution in [3.63, 3.8) is 0 Å². The highest BCUT2D eigenvalue weighted by Gasteiger charge is 2.43. The lowest BCUT2D eigenvalue weighted by Gasteiger charge is -2.40. The van der Waals surface area contributed by atoms with Crippen LogP contribution in [0.4, 0.5) is 0 Å². The number of aliphatic hydroxyl groups is 4. The van der Waals surface area contributed by atoms with Crippen LogP contribution in [0, 0.1) is 0 Å². The molecule has 24 heavy (non-hydrogen) atoms. The van der Waals surface area contributed by atoms with Crippen LogP contribution in [0.2, 0.25) is 0 Å². The van der Waals surface area contributed by atoms with E-state index in [1.165, 1.54) is 12.1 Å². The summed E-state index contributed by atoms with van der Waals surface area (Å²) in [5, 5.41) is 57.7. The van der Waals surface area contributed by atoms with Gasteiger partial charge >= 0.3 is 0 Å². The summed E-state index contributed by atoms with van der Waals surface area (Å²) in [5.41, 5.74) is 0.731. The van der Waals surface area contributed by atoms with Crippen molar-refractivity contribution in [3.8, 4) is 5.75 Å². The number of aliphatic hydroxyl groups excluding tert-OH is 4. The Labute approximate surface area is 143 Å². The van der Waals surface area contributed by atoms with Crippen LogP contribution < -0.4 is 5.32 Å². The molecule has 1 saturated heterocycles. The van der Waals surface area contributed by atoms with E-state index in [1.807, 2.05) is 0 Å². The van der Waals surface area contributed by atoms with Gasteiger partial charge in [-0.1, -0.05) is 12.1 Å². The van der Waals surface area contributed by atoms with Gasteiger partial charge in [0.25, 0.3) is 0 Å². The molecule has 0 amide bonds. The van der Waals surface area contributed by atoms with Crippen molar-refractivity contribution in [1.29, 1.82) is 0 Å². The molecule has 1 aliphatic rings. The van der Waals surface area contributed by atoms with Crippen molar-refractivity contribution < 1.29 is 30.3 Å². The summed E-state index contributed by atoms with van der Waals surface area (Å²) in [5.74, 6) is 0.115. The highest BCUT2D eigenvalue weighted by atomic mass is 32.1. The molecule has 1 aliphatic heterocycles. The number of azo groups is 1. The van der Waals surface area contributed by atoms with Gasteiger partial charge in [0.1, 0.15) is 30.2 Å². The summed E-state index contributed by atoms with van der Waals surface area (Å²) >= 11 is 4.95. The number of phenolic OH excluding ortho intramolecular Hbond substituents is 1. The number of benzene rings is 1. The molecule has 0 radical (unpaired) electrons. The van der Waals surface area contributed by atoms with Crippen LogP contribution in [0.3, 0.4) is 0 Å². The van der Waals surface area contributed by atoms with E-state index in [-0.39, 0.29) is 17.4 Å². The highest BCUT2D eigenvalue weighted by molar-refractivity contribution is 7.80. The number of nitrogens with zero attached hydrogens (tertiary/aromatic N) is 2. The monoisotopic (exact) mass is 357 g/mol. The fourth-order valence-corrected chi connectivity index (χ4v) is 2.38. The van der Waals surface area contributed by atoms with Gasteiger partial charge in [-0.3, -0.25) is 0 Å². The van der Waals surface area contributed by atoms with Gasteiger partial charge < -0.3 is 35.6 Å². The van der Waals surface area contributed by atoms with Crippen molar-refractivity contribution in [2.45, 2.75) is 37.2 Å². The second-order valence-corrected chi connectivity index (χ2v) is 5.66. The van der Waals surface area contributed by atoms with Crippen molar-refractivity contribution in [1.82, 2.24) is 5.32 Å². The van der Waals surface area contributed by atoms with E-state index in [0.717, 1.165) is 5.56 Å². The van der Waals surface area contributed by atoms with Crippen LogP contribution >= 0.6 is 12.2 Å². The molecule has 0 bridgehead atoms. The first-order chi connectivity index (χ1) is 11.4. The molecule has 0 aromatic heterocycles. The molecule has 0 saturated carbocycles. The maximum Gasteiger partial charge on any atom is 0.215 e. The number of ether oxygens (including phenoxy) is 1. The topological polar surface area (TPSA) is 147 Å². The summed E-state index contributed by atoms with van der Waals surface area (Å²) in [4.78, 5) is 0. The minimum atomic E-state index is -1.50. The fraction of sp³-hybridized carbons (Fsp3) is 0.500. The van der Waals surface area contributed by atoms with E-state index in [9.17, 15) is 20.4 Å². The predicted octanol–water partition coefficient (Wildman–Crippen LogP) is -0.981. The molecule has 0 aliphatic carbocycles. The van der Waals surface area contributed by atoms with Crippen molar-refractivity contribution in [3.05, 3.63) is 29.8 Å². The smallest absolute Gasteiger partial charge is 0.215 e. The van der Waals surface area contributed by atoms with Crippen molar-refractivity contribution in [2.75, 3.05) is 6.61 Å². The number of thiocarbonyl (C=S) groups is 1. The molecule has 2 rings (SSSR count). The molecule has 1 fully saturated rings. The summed E-state index contributed by atoms with van der Waals surface area (Å²) in [7, 11) is 0. The Balaban J connectivity index is 1.90. The summed E-state index contributed by atoms with van der Waals surface area (Å²) in [6.07, 6.45) is -6.58. The molecular formula is C14H19N3O6S. The number of hydrogen-bond donors (Lipinski definition) is 6. The van der Waals surface area contributed by atoms with E-state index in [2.05, 4.69) is 15.5 Å². The molecule has 1 heterocycles. The van der Waals surface area contributed by atoms with Crippen LogP contribution in [0.5, 0.6) is 5.75 Å². The lowest BCUT2D eigenvalue weighted by molar-refractivity contribution is -0.232. The van der Waals surface area contributed by atoms with E-state index >= 15 is 0 Å². The Morgan fingerprint density at radius 2 is 1.96 bits per heavy atom. The fourth-order valence-electron chi connectivity index (χ4n) is 2.21. The maximum absolute atomic E-state index is 9.87. The van der Waals surface area contributed by atoms with Crippen molar-refractivity contribution in [2.24, 2.45) is 10.2 Å². The van der Waals surface area contributed by atoms with E-state index in [1.54, 1.807) is 12.1 Å². The third kappa shape index (κ3) is 4.66. The Kier molecular flexibility index (Phi) is 6.54. The first-order valence-electron chi connectivity index (χ1n) is 7.18. The lowest BCUT2D eigenvalue weighted by Crippen LogP contribution is -2.62. The second kappa shape index (κ2) is 8.42. The SMILES string of the molecule is OC[C@H]1O[C@@H](NC(=S)N=NCc2cccc(O)c2)[C@H](O)[C@@H](O)[C@@H]1O. The zero-order valence-electron chi connectivity index (χ0n) is 12.6. The molecule has 10 heteroatoms. The molecular weight excluding hydrogens is 338 g/mol. The van der Waals surface area contributed by atoms with E-state index < -0.39 is 37.3 Å². The van der Waals surface area contributed by atoms with Crippen LogP contribution in [-0.2, 0) is 11.3 Å². The van der Waals surface area contributed by atoms with Gasteiger partial charge in [-0.2, -0.15) is 5.11 Å². The third-order valence-corrected chi connectivity index (χ3v) is 3.68. The molecule has 9 nitrogen and oxygen atoms in total. The normalized spacial score (nSPS) is 30.4. The van der Waals surface area contributed by atoms with Crippen molar-refractivity contribution >= 4 is 17.3 Å². The first-order valence-corrected chi connectivity index (χ1v) is 7.59. The number of aromatic hydroxyl groups is 1. The van der Waals surface area contributed by atoms with Crippen LogP contribution in [-0.4, -0.2) is 67.9 Å². The highest BCUT2D eigenvalue weighted by Crippen LogP contribution is 2.19. The molecule has 6 N–H and O–H groups in total. The van der Waals surface area contributed by atoms with Crippen LogP contribution in [0.15, 0.2) is 34.5 Å². The van der Waals surface area contributed by atoms with Gasteiger partial charge in [-0.15, -0.1) is 5.11 Å². The zero-order chi connectivity index (χ0) is 17.7. The largest absolute Gasteiger partial charge is 0.508 e. The van der Waals surface area contributed by atoms with Crippen LogP contribution in [0.1, 0.15) is 5.56 Å². The Morgan fingerprint density at radius 1 is 1.21 bits per heavy atom. The van der Waals surface area contributed by atoms with Gasteiger partial charge in [0.2, 0.25) is 5.11 Å². The average molecular weight is 357 g/mol. The molecule has 132 valence electrons. The Hall–Kier alpha value is -1.69. The Bertz CT molecular complexity index is 600. The Morgan fingerprint density at radius 3 is 2.62 bits per heavy atom. The third-order valence-electron chi connectivity index (χ3n) is 3.48. The number of phenols is 1. The molecule has 1 aromatic rings. The van der Waals surface area contributed by atoms with E-state index in [0.29, 0.717) is 0 Å². The van der Waals surface area contributed by atoms with Gasteiger partial charge in [-0.25, -0.2) is 0 Å². The summed E-state index contributed by atoms with van der Waals surface area (Å²) < 4.78 is 5.24. The second-order valence-electron chi connectivity index (χ2n) is 5.27. The van der Waals surface area contributed by atoms with Gasteiger partial charge in [0.15, 0.2) is 6.23 Å². The number of nitrogens with one attached hydrogen (secondary N) is 1. The summed E-state index contributed by atoms with van der Waals surface area (Å²) in [6, 6.07) is 6.50. The minimum absolute atomic E-state index is 0.0977. The lowest BCUT2D eigenvalue weighted by atomic mass is 9.98. The number of rotatable bonds is 4. The molecule has 1 aromatic carbocycles. The maximum atomic E-state index is 9.87. The zero-order valence-corrected chi connectivity index (χ0v) is 13.4. The average Bonchev–Trinajstić information content (AvgIpc) is 2.55. The predicted molar refractivity (Wildman–Crippen MR) is 86.2 cm³/mol. The quantitative estimate of drug-likeness (QED) is 0.298.